The molecule has 1 amide bonds. The molecule has 0 aliphatic heterocycles. The highest BCUT2D eigenvalue weighted by Gasteiger charge is 2.22. The van der Waals surface area contributed by atoms with E-state index in [0.717, 1.165) is 11.6 Å². The monoisotopic (exact) mass is 441 g/mol. The van der Waals surface area contributed by atoms with Crippen LogP contribution in [0.1, 0.15) is 15.9 Å². The van der Waals surface area contributed by atoms with Gasteiger partial charge in [-0.15, -0.1) is 0 Å². The van der Waals surface area contributed by atoms with Crippen molar-refractivity contribution in [1.82, 2.24) is 10.0 Å². The fourth-order valence-corrected chi connectivity index (χ4v) is 3.47. The van der Waals surface area contributed by atoms with Crippen molar-refractivity contribution in [3.8, 4) is 11.5 Å². The Balaban J connectivity index is 1.80. The van der Waals surface area contributed by atoms with Gasteiger partial charge < -0.3 is 10.1 Å². The van der Waals surface area contributed by atoms with Gasteiger partial charge in [0, 0.05) is 18.2 Å². The summed E-state index contributed by atoms with van der Waals surface area (Å²) >= 11 is 0. The van der Waals surface area contributed by atoms with E-state index in [1.807, 2.05) is 30.3 Å². The van der Waals surface area contributed by atoms with E-state index in [1.165, 1.54) is 31.3 Å². The average molecular weight is 441 g/mol. The molecule has 9 nitrogen and oxygen atoms in total. The van der Waals surface area contributed by atoms with E-state index in [-0.39, 0.29) is 22.3 Å². The van der Waals surface area contributed by atoms with Gasteiger partial charge >= 0.3 is 5.69 Å². The number of amides is 1. The third kappa shape index (κ3) is 5.44. The van der Waals surface area contributed by atoms with Crippen molar-refractivity contribution in [1.29, 1.82) is 0 Å². The molecule has 0 atom stereocenters. The van der Waals surface area contributed by atoms with Gasteiger partial charge in [-0.25, -0.2) is 13.1 Å². The topological polar surface area (TPSA) is 128 Å². The quantitative estimate of drug-likeness (QED) is 0.408. The highest BCUT2D eigenvalue weighted by molar-refractivity contribution is 7.89. The number of carbonyl (C=O) groups excluding carboxylic acids is 1. The second-order valence-corrected chi connectivity index (χ2v) is 8.28. The summed E-state index contributed by atoms with van der Waals surface area (Å²) in [5.41, 5.74) is 0.733. The number of nitro benzene ring substituents is 1. The summed E-state index contributed by atoms with van der Waals surface area (Å²) in [5, 5.41) is 14.2. The summed E-state index contributed by atoms with van der Waals surface area (Å²) in [6.07, 6.45) is 0. The van der Waals surface area contributed by atoms with Crippen LogP contribution < -0.4 is 14.8 Å². The van der Waals surface area contributed by atoms with E-state index in [4.69, 9.17) is 4.74 Å². The van der Waals surface area contributed by atoms with Crippen molar-refractivity contribution in [2.75, 3.05) is 7.05 Å². The van der Waals surface area contributed by atoms with E-state index < -0.39 is 20.6 Å². The molecule has 3 aromatic rings. The molecular weight excluding hydrogens is 422 g/mol. The molecule has 0 spiro atoms. The van der Waals surface area contributed by atoms with Crippen molar-refractivity contribution >= 4 is 21.6 Å². The number of nitro groups is 1. The minimum atomic E-state index is -3.85. The molecule has 0 unspecified atom stereocenters. The summed E-state index contributed by atoms with van der Waals surface area (Å²) in [5.74, 6) is -0.291. The predicted molar refractivity (Wildman–Crippen MR) is 113 cm³/mol. The molecule has 2 N–H and O–H groups in total. The number of nitrogens with zero attached hydrogens (tertiary/aromatic N) is 1. The van der Waals surface area contributed by atoms with Crippen LogP contribution in [-0.2, 0) is 16.6 Å². The zero-order valence-corrected chi connectivity index (χ0v) is 17.3. The van der Waals surface area contributed by atoms with Gasteiger partial charge in [0.15, 0.2) is 0 Å². The Morgan fingerprint density at radius 1 is 1.03 bits per heavy atom. The van der Waals surface area contributed by atoms with Crippen LogP contribution in [0, 0.1) is 10.1 Å². The van der Waals surface area contributed by atoms with Crippen molar-refractivity contribution < 1.29 is 22.9 Å². The molecule has 160 valence electrons. The second-order valence-electron chi connectivity index (χ2n) is 6.39. The molecule has 31 heavy (non-hydrogen) atoms. The maximum atomic E-state index is 12.4. The fourth-order valence-electron chi connectivity index (χ4n) is 2.72. The SMILES string of the molecule is CNS(=O)(=O)c1ccc(Oc2cccc(C(=O)NCc3ccccc3)c2)c([N+](=O)[O-])c1. The molecule has 0 aliphatic rings. The van der Waals surface area contributed by atoms with Crippen molar-refractivity contribution in [2.24, 2.45) is 0 Å². The lowest BCUT2D eigenvalue weighted by atomic mass is 10.2. The molecule has 10 heteroatoms. The Labute approximate surface area is 178 Å². The summed E-state index contributed by atoms with van der Waals surface area (Å²) in [6.45, 7) is 0.345. The third-order valence-electron chi connectivity index (χ3n) is 4.33. The Kier molecular flexibility index (Phi) is 6.63. The van der Waals surface area contributed by atoms with Gasteiger partial charge in [-0.05, 0) is 42.9 Å². The van der Waals surface area contributed by atoms with Gasteiger partial charge in [-0.3, -0.25) is 14.9 Å². The average Bonchev–Trinajstić information content (AvgIpc) is 2.78. The minimum Gasteiger partial charge on any atom is -0.450 e. The lowest BCUT2D eigenvalue weighted by Crippen LogP contribution is -2.22. The highest BCUT2D eigenvalue weighted by atomic mass is 32.2. The van der Waals surface area contributed by atoms with Crippen LogP contribution in [0.25, 0.3) is 0 Å². The van der Waals surface area contributed by atoms with E-state index >= 15 is 0 Å². The van der Waals surface area contributed by atoms with Crippen LogP contribution in [0.4, 0.5) is 5.69 Å². The van der Waals surface area contributed by atoms with E-state index in [0.29, 0.717) is 12.1 Å². The van der Waals surface area contributed by atoms with Gasteiger partial charge in [0.25, 0.3) is 5.91 Å². The zero-order chi connectivity index (χ0) is 22.4. The Bertz CT molecular complexity index is 1210. The first-order valence-electron chi connectivity index (χ1n) is 9.12. The van der Waals surface area contributed by atoms with Crippen LogP contribution in [0.15, 0.2) is 77.7 Å². The third-order valence-corrected chi connectivity index (χ3v) is 5.74. The van der Waals surface area contributed by atoms with Crippen LogP contribution in [0.2, 0.25) is 0 Å². The Hall–Kier alpha value is -3.76. The summed E-state index contributed by atoms with van der Waals surface area (Å²) in [6, 6.07) is 18.9. The first-order chi connectivity index (χ1) is 14.8. The molecule has 0 bridgehead atoms. The lowest BCUT2D eigenvalue weighted by molar-refractivity contribution is -0.385. The second kappa shape index (κ2) is 9.37. The molecule has 0 fully saturated rings. The zero-order valence-electron chi connectivity index (χ0n) is 16.4. The molecule has 3 aromatic carbocycles. The van der Waals surface area contributed by atoms with Crippen molar-refractivity contribution in [3.63, 3.8) is 0 Å². The molecule has 0 aliphatic carbocycles. The number of carbonyl (C=O) groups is 1. The predicted octanol–water partition coefficient (Wildman–Crippen LogP) is 3.23. The van der Waals surface area contributed by atoms with Crippen LogP contribution in [0.5, 0.6) is 11.5 Å². The fraction of sp³-hybridized carbons (Fsp3) is 0.0952. The van der Waals surface area contributed by atoms with Gasteiger partial charge in [0.1, 0.15) is 5.75 Å². The van der Waals surface area contributed by atoms with E-state index in [9.17, 15) is 23.3 Å². The Morgan fingerprint density at radius 2 is 1.77 bits per heavy atom. The standard InChI is InChI=1S/C21H19N3O6S/c1-22-31(28,29)18-10-11-20(19(13-18)24(26)27)30-17-9-5-8-16(12-17)21(25)23-14-15-6-3-2-4-7-15/h2-13,22H,14H2,1H3,(H,23,25). The molecule has 0 aromatic heterocycles. The maximum absolute atomic E-state index is 12.4. The lowest BCUT2D eigenvalue weighted by Gasteiger charge is -2.10. The number of ether oxygens (including phenoxy) is 1. The highest BCUT2D eigenvalue weighted by Crippen LogP contribution is 2.33. The normalized spacial score (nSPS) is 11.0. The number of rotatable bonds is 8. The number of hydrogen-bond acceptors (Lipinski definition) is 6. The number of nitrogens with one attached hydrogen (secondary N) is 2. The van der Waals surface area contributed by atoms with Gasteiger partial charge in [0.2, 0.25) is 15.8 Å². The Morgan fingerprint density at radius 3 is 2.45 bits per heavy atom. The number of sulfonamides is 1. The summed E-state index contributed by atoms with van der Waals surface area (Å²) in [4.78, 5) is 22.9. The van der Waals surface area contributed by atoms with Crippen molar-refractivity contribution in [3.05, 3.63) is 94.0 Å². The van der Waals surface area contributed by atoms with Gasteiger partial charge in [0.05, 0.1) is 9.82 Å². The summed E-state index contributed by atoms with van der Waals surface area (Å²) < 4.78 is 31.5. The smallest absolute Gasteiger partial charge is 0.312 e. The minimum absolute atomic E-state index is 0.151. The van der Waals surface area contributed by atoms with Crippen LogP contribution in [-0.4, -0.2) is 26.3 Å². The molecule has 0 radical (unpaired) electrons. The molecule has 0 heterocycles. The first kappa shape index (κ1) is 21.9. The van der Waals surface area contributed by atoms with Gasteiger partial charge in [-0.2, -0.15) is 0 Å². The first-order valence-corrected chi connectivity index (χ1v) is 10.6. The molecule has 0 saturated carbocycles. The number of hydrogen-bond donors (Lipinski definition) is 2. The van der Waals surface area contributed by atoms with E-state index in [2.05, 4.69) is 10.0 Å². The summed E-state index contributed by atoms with van der Waals surface area (Å²) in [7, 11) is -2.65. The molecule has 0 saturated heterocycles. The number of benzene rings is 3. The molecule has 3 rings (SSSR count). The molecular formula is C21H19N3O6S. The maximum Gasteiger partial charge on any atom is 0.312 e. The largest absolute Gasteiger partial charge is 0.450 e. The van der Waals surface area contributed by atoms with Crippen LogP contribution in [0.3, 0.4) is 0 Å². The van der Waals surface area contributed by atoms with Crippen molar-refractivity contribution in [2.45, 2.75) is 11.4 Å². The van der Waals surface area contributed by atoms with Crippen LogP contribution >= 0.6 is 0 Å². The van der Waals surface area contributed by atoms with Gasteiger partial charge in [-0.1, -0.05) is 36.4 Å². The van der Waals surface area contributed by atoms with E-state index in [1.54, 1.807) is 12.1 Å².